The molecule has 1 saturated heterocycles. The Bertz CT molecular complexity index is 720. The van der Waals surface area contributed by atoms with Gasteiger partial charge in [0.05, 0.1) is 26.6 Å². The monoisotopic (exact) mass is 391 g/mol. The summed E-state index contributed by atoms with van der Waals surface area (Å²) < 4.78 is 10.4. The highest BCUT2D eigenvalue weighted by molar-refractivity contribution is 5.89. The van der Waals surface area contributed by atoms with Gasteiger partial charge < -0.3 is 25.0 Å². The molecular formula is C20H29N3O5. The molecule has 0 saturated carbocycles. The average Bonchev–Trinajstić information content (AvgIpc) is 3.07. The van der Waals surface area contributed by atoms with Gasteiger partial charge in [-0.2, -0.15) is 0 Å². The smallest absolute Gasteiger partial charge is 0.225 e. The molecule has 0 aromatic heterocycles. The van der Waals surface area contributed by atoms with E-state index < -0.39 is 0 Å². The molecule has 154 valence electrons. The third-order valence-corrected chi connectivity index (χ3v) is 4.71. The highest BCUT2D eigenvalue weighted by Gasteiger charge is 2.35. The topological polar surface area (TPSA) is 97.0 Å². The van der Waals surface area contributed by atoms with Gasteiger partial charge in [-0.25, -0.2) is 0 Å². The van der Waals surface area contributed by atoms with E-state index in [2.05, 4.69) is 10.6 Å². The number of rotatable bonds is 9. The van der Waals surface area contributed by atoms with Gasteiger partial charge in [0.2, 0.25) is 17.7 Å². The van der Waals surface area contributed by atoms with Gasteiger partial charge in [-0.15, -0.1) is 0 Å². The zero-order valence-corrected chi connectivity index (χ0v) is 16.9. The van der Waals surface area contributed by atoms with Crippen molar-refractivity contribution >= 4 is 17.7 Å². The van der Waals surface area contributed by atoms with Crippen molar-refractivity contribution < 1.29 is 23.9 Å². The van der Waals surface area contributed by atoms with Crippen molar-refractivity contribution in [2.24, 2.45) is 5.92 Å². The molecule has 1 aliphatic heterocycles. The largest absolute Gasteiger partial charge is 0.493 e. The van der Waals surface area contributed by atoms with Gasteiger partial charge in [0.15, 0.2) is 11.5 Å². The molecule has 1 atom stereocenters. The Morgan fingerprint density at radius 3 is 2.43 bits per heavy atom. The zero-order valence-electron chi connectivity index (χ0n) is 16.9. The van der Waals surface area contributed by atoms with Crippen molar-refractivity contribution in [3.8, 4) is 11.5 Å². The average molecular weight is 391 g/mol. The summed E-state index contributed by atoms with van der Waals surface area (Å²) in [6, 6.07) is 5.42. The summed E-state index contributed by atoms with van der Waals surface area (Å²) in [6.07, 6.45) is 0.449. The van der Waals surface area contributed by atoms with Gasteiger partial charge in [0, 0.05) is 32.1 Å². The number of amides is 3. The fourth-order valence-corrected chi connectivity index (χ4v) is 3.18. The molecule has 2 rings (SSSR count). The van der Waals surface area contributed by atoms with Crippen molar-refractivity contribution in [3.63, 3.8) is 0 Å². The van der Waals surface area contributed by atoms with E-state index in [0.29, 0.717) is 31.1 Å². The fourth-order valence-electron chi connectivity index (χ4n) is 3.18. The first-order valence-corrected chi connectivity index (χ1v) is 9.40. The quantitative estimate of drug-likeness (QED) is 0.605. The fraction of sp³-hybridized carbons (Fsp3) is 0.550. The van der Waals surface area contributed by atoms with Gasteiger partial charge >= 0.3 is 0 Å². The number of carbonyl (C=O) groups is 3. The Balaban J connectivity index is 1.71. The zero-order chi connectivity index (χ0) is 20.7. The van der Waals surface area contributed by atoms with Crippen molar-refractivity contribution in [3.05, 3.63) is 23.8 Å². The van der Waals surface area contributed by atoms with Crippen LogP contribution in [0.5, 0.6) is 11.5 Å². The molecule has 1 aliphatic rings. The number of hydrogen-bond donors (Lipinski definition) is 2. The van der Waals surface area contributed by atoms with E-state index in [1.165, 1.54) is 0 Å². The molecule has 1 fully saturated rings. The van der Waals surface area contributed by atoms with Gasteiger partial charge in [0.1, 0.15) is 0 Å². The van der Waals surface area contributed by atoms with Gasteiger partial charge in [-0.3, -0.25) is 14.4 Å². The minimum absolute atomic E-state index is 0.0124. The second kappa shape index (κ2) is 9.96. The summed E-state index contributed by atoms with van der Waals surface area (Å²) in [6.45, 7) is 4.97. The summed E-state index contributed by atoms with van der Waals surface area (Å²) in [4.78, 5) is 37.9. The third kappa shape index (κ3) is 5.61. The lowest BCUT2D eigenvalue weighted by molar-refractivity contribution is -0.129. The van der Waals surface area contributed by atoms with E-state index in [4.69, 9.17) is 9.47 Å². The first kappa shape index (κ1) is 21.5. The molecule has 1 heterocycles. The molecule has 2 N–H and O–H groups in total. The summed E-state index contributed by atoms with van der Waals surface area (Å²) in [5.74, 6) is 0.572. The third-order valence-electron chi connectivity index (χ3n) is 4.71. The number of ether oxygens (including phenoxy) is 2. The summed E-state index contributed by atoms with van der Waals surface area (Å²) >= 11 is 0. The molecule has 8 nitrogen and oxygen atoms in total. The highest BCUT2D eigenvalue weighted by atomic mass is 16.5. The molecule has 3 amide bonds. The number of methoxy groups -OCH3 is 2. The lowest BCUT2D eigenvalue weighted by Crippen LogP contribution is -2.39. The summed E-state index contributed by atoms with van der Waals surface area (Å²) in [7, 11) is 3.10. The maximum Gasteiger partial charge on any atom is 0.225 e. The Hall–Kier alpha value is -2.77. The molecule has 0 aliphatic carbocycles. The Kier molecular flexibility index (Phi) is 7.66. The van der Waals surface area contributed by atoms with Crippen molar-refractivity contribution in [1.29, 1.82) is 0 Å². The van der Waals surface area contributed by atoms with Crippen LogP contribution in [0.15, 0.2) is 18.2 Å². The normalized spacial score (nSPS) is 16.2. The SMILES string of the molecule is COc1ccc(CC(=O)NCCNC(=O)C2CC(=O)N(C(C)C)C2)cc1OC. The van der Waals surface area contributed by atoms with E-state index in [0.717, 1.165) is 5.56 Å². The number of carbonyl (C=O) groups excluding carboxylic acids is 3. The maximum absolute atomic E-state index is 12.2. The van der Waals surface area contributed by atoms with Crippen molar-refractivity contribution in [2.45, 2.75) is 32.7 Å². The molecule has 8 heteroatoms. The van der Waals surface area contributed by atoms with Crippen LogP contribution in [0.25, 0.3) is 0 Å². The summed E-state index contributed by atoms with van der Waals surface area (Å²) in [5.41, 5.74) is 0.803. The number of nitrogens with one attached hydrogen (secondary N) is 2. The minimum Gasteiger partial charge on any atom is -0.493 e. The van der Waals surface area contributed by atoms with Crippen LogP contribution >= 0.6 is 0 Å². The van der Waals surface area contributed by atoms with Crippen LogP contribution < -0.4 is 20.1 Å². The molecule has 0 bridgehead atoms. The van der Waals surface area contributed by atoms with Crippen LogP contribution in [0.4, 0.5) is 0 Å². The van der Waals surface area contributed by atoms with Crippen LogP contribution in [-0.4, -0.2) is 62.5 Å². The van der Waals surface area contributed by atoms with E-state index in [9.17, 15) is 14.4 Å². The molecule has 0 radical (unpaired) electrons. The predicted molar refractivity (Wildman–Crippen MR) is 104 cm³/mol. The van der Waals surface area contributed by atoms with Crippen LogP contribution in [0.2, 0.25) is 0 Å². The lowest BCUT2D eigenvalue weighted by Gasteiger charge is -2.20. The summed E-state index contributed by atoms with van der Waals surface area (Å²) in [5, 5.41) is 5.56. The number of likely N-dealkylation sites (tertiary alicyclic amines) is 1. The standard InChI is InChI=1S/C20H29N3O5/c1-13(2)23-12-15(11-19(23)25)20(26)22-8-7-21-18(24)10-14-5-6-16(27-3)17(9-14)28-4/h5-6,9,13,15H,7-8,10-12H2,1-4H3,(H,21,24)(H,22,26). The molecule has 1 unspecified atom stereocenters. The van der Waals surface area contributed by atoms with Gasteiger partial charge in [-0.05, 0) is 31.5 Å². The van der Waals surface area contributed by atoms with E-state index >= 15 is 0 Å². The van der Waals surface area contributed by atoms with Gasteiger partial charge in [-0.1, -0.05) is 6.07 Å². The minimum atomic E-state index is -0.322. The van der Waals surface area contributed by atoms with Gasteiger partial charge in [0.25, 0.3) is 0 Å². The Morgan fingerprint density at radius 1 is 1.14 bits per heavy atom. The molecule has 0 spiro atoms. The van der Waals surface area contributed by atoms with Crippen LogP contribution in [0, 0.1) is 5.92 Å². The Morgan fingerprint density at radius 2 is 1.82 bits per heavy atom. The maximum atomic E-state index is 12.2. The van der Waals surface area contributed by atoms with E-state index in [-0.39, 0.29) is 42.5 Å². The van der Waals surface area contributed by atoms with E-state index in [1.54, 1.807) is 37.3 Å². The Labute approximate surface area is 165 Å². The predicted octanol–water partition coefficient (Wildman–Crippen LogP) is 0.736. The number of benzene rings is 1. The van der Waals surface area contributed by atoms with Crippen molar-refractivity contribution in [1.82, 2.24) is 15.5 Å². The second-order valence-electron chi connectivity index (χ2n) is 7.05. The number of nitrogens with zero attached hydrogens (tertiary/aromatic N) is 1. The first-order chi connectivity index (χ1) is 13.3. The molecule has 1 aromatic carbocycles. The van der Waals surface area contributed by atoms with Crippen molar-refractivity contribution in [2.75, 3.05) is 33.9 Å². The van der Waals surface area contributed by atoms with Crippen LogP contribution in [0.1, 0.15) is 25.8 Å². The number of hydrogen-bond acceptors (Lipinski definition) is 5. The lowest BCUT2D eigenvalue weighted by atomic mass is 10.1. The van der Waals surface area contributed by atoms with Crippen LogP contribution in [0.3, 0.4) is 0 Å². The molecule has 28 heavy (non-hydrogen) atoms. The van der Waals surface area contributed by atoms with E-state index in [1.807, 2.05) is 13.8 Å². The molecular weight excluding hydrogens is 362 g/mol. The highest BCUT2D eigenvalue weighted by Crippen LogP contribution is 2.27. The van der Waals surface area contributed by atoms with Crippen LogP contribution in [-0.2, 0) is 20.8 Å². The second-order valence-corrected chi connectivity index (χ2v) is 7.05. The first-order valence-electron chi connectivity index (χ1n) is 9.40. The molecule has 1 aromatic rings.